The minimum atomic E-state index is -0.757. The zero-order valence-electron chi connectivity index (χ0n) is 9.49. The van der Waals surface area contributed by atoms with Crippen molar-refractivity contribution in [2.24, 2.45) is 0 Å². The molecule has 0 bridgehead atoms. The lowest BCUT2D eigenvalue weighted by atomic mass is 10.2. The van der Waals surface area contributed by atoms with Crippen LogP contribution in [0.2, 0.25) is 5.02 Å². The molecule has 0 aliphatic rings. The van der Waals surface area contributed by atoms with Crippen LogP contribution in [0.15, 0.2) is 18.2 Å². The molecule has 0 saturated carbocycles. The molecule has 1 rings (SSSR count). The van der Waals surface area contributed by atoms with E-state index in [1.807, 2.05) is 0 Å². The molecule has 5 heteroatoms. The van der Waals surface area contributed by atoms with E-state index >= 15 is 0 Å². The number of halogens is 1. The molecule has 0 fully saturated rings. The Morgan fingerprint density at radius 2 is 2.12 bits per heavy atom. The first kappa shape index (κ1) is 13.6. The third-order valence-corrected chi connectivity index (χ3v) is 2.54. The standard InChI is InChI=1S/C12H16ClNO3/c13-10-8-9(14)5-6-11(10)17-7-3-1-2-4-12(15)16/h5-6,8H,1-4,7,14H2,(H,15,16). The minimum Gasteiger partial charge on any atom is -0.492 e. The fourth-order valence-corrected chi connectivity index (χ4v) is 1.61. The highest BCUT2D eigenvalue weighted by atomic mass is 35.5. The van der Waals surface area contributed by atoms with Crippen LogP contribution in [0.4, 0.5) is 5.69 Å². The number of nitrogens with two attached hydrogens (primary N) is 1. The van der Waals surface area contributed by atoms with Gasteiger partial charge in [0.15, 0.2) is 0 Å². The number of carbonyl (C=O) groups is 1. The average Bonchev–Trinajstić information content (AvgIpc) is 2.25. The molecule has 17 heavy (non-hydrogen) atoms. The van der Waals surface area contributed by atoms with E-state index in [9.17, 15) is 4.79 Å². The third kappa shape index (κ3) is 5.45. The van der Waals surface area contributed by atoms with Crippen LogP contribution in [-0.2, 0) is 4.79 Å². The van der Waals surface area contributed by atoms with Gasteiger partial charge in [0.2, 0.25) is 0 Å². The van der Waals surface area contributed by atoms with Gasteiger partial charge in [-0.2, -0.15) is 0 Å². The Morgan fingerprint density at radius 1 is 1.35 bits per heavy atom. The van der Waals surface area contributed by atoms with Gasteiger partial charge in [0.05, 0.1) is 11.6 Å². The molecule has 0 amide bonds. The summed E-state index contributed by atoms with van der Waals surface area (Å²) in [7, 11) is 0. The number of benzene rings is 1. The number of carboxylic acids is 1. The largest absolute Gasteiger partial charge is 0.492 e. The first-order chi connectivity index (χ1) is 8.09. The van der Waals surface area contributed by atoms with Gasteiger partial charge < -0.3 is 15.6 Å². The highest BCUT2D eigenvalue weighted by molar-refractivity contribution is 6.32. The van der Waals surface area contributed by atoms with Gasteiger partial charge in [0.1, 0.15) is 5.75 Å². The summed E-state index contributed by atoms with van der Waals surface area (Å²) in [6.07, 6.45) is 2.53. The maximum atomic E-state index is 10.3. The molecule has 4 nitrogen and oxygen atoms in total. The van der Waals surface area contributed by atoms with Gasteiger partial charge in [-0.15, -0.1) is 0 Å². The summed E-state index contributed by atoms with van der Waals surface area (Å²) in [4.78, 5) is 10.3. The van der Waals surface area contributed by atoms with Crippen LogP contribution < -0.4 is 10.5 Å². The summed E-state index contributed by atoms with van der Waals surface area (Å²) in [5.41, 5.74) is 6.16. The van der Waals surface area contributed by atoms with E-state index in [0.717, 1.165) is 12.8 Å². The molecule has 1 aromatic rings. The normalized spacial score (nSPS) is 10.2. The fraction of sp³-hybridized carbons (Fsp3) is 0.417. The van der Waals surface area contributed by atoms with Crippen molar-refractivity contribution in [1.82, 2.24) is 0 Å². The molecular formula is C12H16ClNO3. The van der Waals surface area contributed by atoms with Crippen molar-refractivity contribution >= 4 is 23.3 Å². The third-order valence-electron chi connectivity index (χ3n) is 2.25. The van der Waals surface area contributed by atoms with Crippen LogP contribution in [0, 0.1) is 0 Å². The number of nitrogen functional groups attached to an aromatic ring is 1. The van der Waals surface area contributed by atoms with E-state index in [1.54, 1.807) is 18.2 Å². The second kappa shape index (κ2) is 7.01. The van der Waals surface area contributed by atoms with E-state index in [-0.39, 0.29) is 6.42 Å². The van der Waals surface area contributed by atoms with Crippen molar-refractivity contribution in [2.75, 3.05) is 12.3 Å². The molecule has 0 heterocycles. The van der Waals surface area contributed by atoms with Crippen molar-refractivity contribution in [2.45, 2.75) is 25.7 Å². The first-order valence-electron chi connectivity index (χ1n) is 5.49. The van der Waals surface area contributed by atoms with E-state index < -0.39 is 5.97 Å². The second-order valence-corrected chi connectivity index (χ2v) is 4.15. The van der Waals surface area contributed by atoms with E-state index in [0.29, 0.717) is 29.5 Å². The van der Waals surface area contributed by atoms with Crippen LogP contribution in [-0.4, -0.2) is 17.7 Å². The van der Waals surface area contributed by atoms with Crippen molar-refractivity contribution in [3.8, 4) is 5.75 Å². The second-order valence-electron chi connectivity index (χ2n) is 3.74. The molecule has 1 aromatic carbocycles. The van der Waals surface area contributed by atoms with E-state index in [2.05, 4.69) is 0 Å². The summed E-state index contributed by atoms with van der Waals surface area (Å²) in [5.74, 6) is -0.147. The molecule has 0 aliphatic carbocycles. The number of aliphatic carboxylic acids is 1. The fourth-order valence-electron chi connectivity index (χ4n) is 1.37. The Balaban J connectivity index is 2.20. The first-order valence-corrected chi connectivity index (χ1v) is 5.87. The van der Waals surface area contributed by atoms with Gasteiger partial charge in [0.25, 0.3) is 0 Å². The van der Waals surface area contributed by atoms with Crippen LogP contribution in [0.1, 0.15) is 25.7 Å². The van der Waals surface area contributed by atoms with Crippen LogP contribution in [0.3, 0.4) is 0 Å². The van der Waals surface area contributed by atoms with Gasteiger partial charge in [-0.3, -0.25) is 4.79 Å². The van der Waals surface area contributed by atoms with E-state index in [1.165, 1.54) is 0 Å². The Labute approximate surface area is 105 Å². The SMILES string of the molecule is Nc1ccc(OCCCCCC(=O)O)c(Cl)c1. The smallest absolute Gasteiger partial charge is 0.303 e. The lowest BCUT2D eigenvalue weighted by molar-refractivity contribution is -0.137. The Morgan fingerprint density at radius 3 is 2.76 bits per heavy atom. The maximum absolute atomic E-state index is 10.3. The minimum absolute atomic E-state index is 0.211. The monoisotopic (exact) mass is 257 g/mol. The van der Waals surface area contributed by atoms with Gasteiger partial charge in [0, 0.05) is 12.1 Å². The molecule has 0 saturated heterocycles. The Kier molecular flexibility index (Phi) is 5.63. The molecule has 0 unspecified atom stereocenters. The number of hydrogen-bond donors (Lipinski definition) is 2. The molecule has 3 N–H and O–H groups in total. The molecule has 0 spiro atoms. The summed E-state index contributed by atoms with van der Waals surface area (Å²) in [6, 6.07) is 5.10. The number of rotatable bonds is 7. The molecule has 0 aliphatic heterocycles. The topological polar surface area (TPSA) is 72.5 Å². The van der Waals surface area contributed by atoms with Gasteiger partial charge in [-0.1, -0.05) is 11.6 Å². The number of anilines is 1. The van der Waals surface area contributed by atoms with Gasteiger partial charge in [-0.05, 0) is 37.5 Å². The number of carboxylic acid groups (broad SMARTS) is 1. The molecule has 0 radical (unpaired) electrons. The maximum Gasteiger partial charge on any atom is 0.303 e. The summed E-state index contributed by atoms with van der Waals surface area (Å²) < 4.78 is 5.46. The lowest BCUT2D eigenvalue weighted by Crippen LogP contribution is -1.99. The Bertz CT molecular complexity index is 382. The number of hydrogen-bond acceptors (Lipinski definition) is 3. The molecule has 94 valence electrons. The molecule has 0 aromatic heterocycles. The summed E-state index contributed by atoms with van der Waals surface area (Å²) in [5, 5.41) is 8.95. The summed E-state index contributed by atoms with van der Waals surface area (Å²) in [6.45, 7) is 0.531. The zero-order valence-corrected chi connectivity index (χ0v) is 10.2. The van der Waals surface area contributed by atoms with Crippen molar-refractivity contribution in [1.29, 1.82) is 0 Å². The highest BCUT2D eigenvalue weighted by Gasteiger charge is 2.02. The predicted molar refractivity (Wildman–Crippen MR) is 67.5 cm³/mol. The number of unbranched alkanes of at least 4 members (excludes halogenated alkanes) is 2. The average molecular weight is 258 g/mol. The van der Waals surface area contributed by atoms with Crippen LogP contribution >= 0.6 is 11.6 Å². The highest BCUT2D eigenvalue weighted by Crippen LogP contribution is 2.26. The summed E-state index contributed by atoms with van der Waals surface area (Å²) >= 11 is 5.93. The van der Waals surface area contributed by atoms with Crippen molar-refractivity contribution in [3.05, 3.63) is 23.2 Å². The molecular weight excluding hydrogens is 242 g/mol. The van der Waals surface area contributed by atoms with Crippen LogP contribution in [0.25, 0.3) is 0 Å². The Hall–Kier alpha value is -1.42. The lowest BCUT2D eigenvalue weighted by Gasteiger charge is -2.08. The predicted octanol–water partition coefficient (Wildman–Crippen LogP) is 2.95. The van der Waals surface area contributed by atoms with Gasteiger partial charge >= 0.3 is 5.97 Å². The van der Waals surface area contributed by atoms with E-state index in [4.69, 9.17) is 27.2 Å². The van der Waals surface area contributed by atoms with Crippen LogP contribution in [0.5, 0.6) is 5.75 Å². The van der Waals surface area contributed by atoms with Gasteiger partial charge in [-0.25, -0.2) is 0 Å². The van der Waals surface area contributed by atoms with Crippen molar-refractivity contribution < 1.29 is 14.6 Å². The molecule has 0 atom stereocenters. The number of ether oxygens (including phenoxy) is 1. The quantitative estimate of drug-likeness (QED) is 0.582. The van der Waals surface area contributed by atoms with Crippen molar-refractivity contribution in [3.63, 3.8) is 0 Å². The zero-order chi connectivity index (χ0) is 12.7.